The third-order valence-corrected chi connectivity index (χ3v) is 8.35. The van der Waals surface area contributed by atoms with Crippen molar-refractivity contribution >= 4 is 41.2 Å². The van der Waals surface area contributed by atoms with Crippen molar-refractivity contribution in [3.63, 3.8) is 0 Å². The molecule has 0 aromatic heterocycles. The lowest BCUT2D eigenvalue weighted by Crippen LogP contribution is -2.58. The van der Waals surface area contributed by atoms with Crippen LogP contribution in [-0.2, 0) is 36.4 Å². The van der Waals surface area contributed by atoms with E-state index in [1.54, 1.807) is 0 Å². The number of hydrogen-bond donors (Lipinski definition) is 7. The summed E-state index contributed by atoms with van der Waals surface area (Å²) >= 11 is 0. The number of aliphatic hydroxyl groups excluding tert-OH is 2. The Balaban J connectivity index is 1.74. The van der Waals surface area contributed by atoms with Gasteiger partial charge in [0.15, 0.2) is 17.7 Å². The summed E-state index contributed by atoms with van der Waals surface area (Å²) in [4.78, 5) is 57.0. The Morgan fingerprint density at radius 3 is 2.44 bits per heavy atom. The zero-order valence-corrected chi connectivity index (χ0v) is 19.7. The summed E-state index contributed by atoms with van der Waals surface area (Å²) in [5, 5.41) is 31.7. The van der Waals surface area contributed by atoms with E-state index < -0.39 is 60.1 Å². The van der Waals surface area contributed by atoms with E-state index in [2.05, 4.69) is 23.1 Å². The van der Waals surface area contributed by atoms with Gasteiger partial charge in [0.25, 0.3) is 5.91 Å². The van der Waals surface area contributed by atoms with Crippen molar-refractivity contribution in [2.45, 2.75) is 37.6 Å². The smallest absolute Gasteiger partial charge is 0.387 e. The number of carbonyl (C=O) groups excluding carboxylic acids is 1. The van der Waals surface area contributed by atoms with Gasteiger partial charge in [-0.05, 0) is 6.92 Å². The maximum atomic E-state index is 12.2. The number of nitrogens with zero attached hydrogens (tertiary/aromatic N) is 3. The number of allylic oxidation sites excluding steroid dienone is 1. The molecule has 0 saturated carbocycles. The number of aliphatic hydroxyl groups is 3. The molecule has 0 spiro atoms. The van der Waals surface area contributed by atoms with Crippen molar-refractivity contribution < 1.29 is 71.3 Å². The van der Waals surface area contributed by atoms with Crippen LogP contribution in [0.15, 0.2) is 21.5 Å². The average Bonchev–Trinajstić information content (AvgIpc) is 2.88. The molecular weight excluding hydrogens is 531 g/mol. The van der Waals surface area contributed by atoms with Crippen LogP contribution in [-0.4, -0.2) is 94.9 Å². The van der Waals surface area contributed by atoms with Crippen LogP contribution in [0.5, 0.6) is 0 Å². The summed E-state index contributed by atoms with van der Waals surface area (Å²) in [6.45, 7) is 0.166. The highest BCUT2D eigenvalue weighted by molar-refractivity contribution is 7.66. The van der Waals surface area contributed by atoms with E-state index in [1.807, 2.05) is 0 Å². The minimum atomic E-state index is -5.78. The third-order valence-electron chi connectivity index (χ3n) is 4.55. The van der Waals surface area contributed by atoms with Gasteiger partial charge < -0.3 is 39.6 Å². The minimum absolute atomic E-state index is 0.0306. The van der Waals surface area contributed by atoms with E-state index in [0.717, 1.165) is 4.90 Å². The number of ketones is 1. The van der Waals surface area contributed by atoms with Gasteiger partial charge in [0, 0.05) is 11.9 Å². The van der Waals surface area contributed by atoms with Gasteiger partial charge in [0.2, 0.25) is 0 Å². The Bertz CT molecular complexity index is 1100. The Kier molecular flexibility index (Phi) is 7.53. The third kappa shape index (κ3) is 5.95. The molecule has 0 radical (unpaired) electrons. The van der Waals surface area contributed by atoms with Gasteiger partial charge >= 0.3 is 23.5 Å². The van der Waals surface area contributed by atoms with Gasteiger partial charge in [-0.3, -0.25) is 19.2 Å². The molecule has 0 aliphatic carbocycles. The fourth-order valence-corrected chi connectivity index (χ4v) is 6.26. The SMILES string of the molecule is CC1=NC2=C(N=CCN2[C@]2(O)O[C@H](COP(=O)(O)OP(=O)(O)OP(=O)(O)O)[C@@H](O)[C@H]2O)C(=O)C1. The lowest BCUT2D eigenvalue weighted by Gasteiger charge is -2.40. The summed E-state index contributed by atoms with van der Waals surface area (Å²) in [5.41, 5.74) is 0.235. The molecule has 0 amide bonds. The number of phosphoric acid groups is 3. The van der Waals surface area contributed by atoms with Gasteiger partial charge in [-0.2, -0.15) is 8.62 Å². The summed E-state index contributed by atoms with van der Waals surface area (Å²) in [6.07, 6.45) is -4.64. The predicted molar refractivity (Wildman–Crippen MR) is 107 cm³/mol. The Labute approximate surface area is 190 Å². The molecule has 3 aliphatic heterocycles. The zero-order valence-electron chi connectivity index (χ0n) is 17.0. The monoisotopic (exact) mass is 551 g/mol. The number of aliphatic imine (C=N–C) groups is 2. The van der Waals surface area contributed by atoms with E-state index in [4.69, 9.17) is 19.4 Å². The minimum Gasteiger partial charge on any atom is -0.387 e. The molecule has 0 aromatic carbocycles. The quantitative estimate of drug-likeness (QED) is 0.162. The van der Waals surface area contributed by atoms with Crippen LogP contribution in [0.4, 0.5) is 0 Å². The number of Topliss-reactive ketones (excluding diaryl/α,β-unsaturated/α-hetero) is 1. The largest absolute Gasteiger partial charge is 0.490 e. The van der Waals surface area contributed by atoms with Crippen LogP contribution in [0.2, 0.25) is 0 Å². The van der Waals surface area contributed by atoms with E-state index in [0.29, 0.717) is 5.71 Å². The number of rotatable bonds is 8. The van der Waals surface area contributed by atoms with Crippen LogP contribution >= 0.6 is 23.5 Å². The first-order valence-corrected chi connectivity index (χ1v) is 13.6. The topological polar surface area (TPSA) is 275 Å². The first-order valence-electron chi connectivity index (χ1n) is 9.10. The van der Waals surface area contributed by atoms with E-state index >= 15 is 0 Å². The molecule has 6 atom stereocenters. The predicted octanol–water partition coefficient (Wildman–Crippen LogP) is -1.91. The summed E-state index contributed by atoms with van der Waals surface area (Å²) < 4.78 is 50.7. The van der Waals surface area contributed by atoms with Crippen LogP contribution < -0.4 is 0 Å². The molecule has 3 heterocycles. The Morgan fingerprint density at radius 2 is 1.82 bits per heavy atom. The van der Waals surface area contributed by atoms with Crippen molar-refractivity contribution in [3.05, 3.63) is 11.5 Å². The van der Waals surface area contributed by atoms with E-state index in [-0.39, 0.29) is 24.5 Å². The van der Waals surface area contributed by atoms with Gasteiger partial charge in [-0.25, -0.2) is 18.7 Å². The number of carbonyl (C=O) groups is 1. The van der Waals surface area contributed by atoms with E-state index in [1.165, 1.54) is 13.1 Å². The summed E-state index contributed by atoms with van der Waals surface area (Å²) in [6, 6.07) is 0. The summed E-state index contributed by atoms with van der Waals surface area (Å²) in [7, 11) is -16.9. The first kappa shape index (κ1) is 27.4. The van der Waals surface area contributed by atoms with Crippen molar-refractivity contribution in [1.29, 1.82) is 0 Å². The second kappa shape index (κ2) is 9.35. The van der Waals surface area contributed by atoms with Crippen molar-refractivity contribution in [1.82, 2.24) is 4.90 Å². The molecule has 2 unspecified atom stereocenters. The molecule has 3 rings (SSSR count). The number of hydrogen-bond acceptors (Lipinski definition) is 14. The lowest BCUT2D eigenvalue weighted by molar-refractivity contribution is -0.301. The van der Waals surface area contributed by atoms with Crippen LogP contribution in [0, 0.1) is 0 Å². The van der Waals surface area contributed by atoms with Gasteiger partial charge in [-0.1, -0.05) is 0 Å². The number of phosphoric ester groups is 1. The molecule has 0 aromatic rings. The maximum absolute atomic E-state index is 12.2. The van der Waals surface area contributed by atoms with E-state index in [9.17, 15) is 38.7 Å². The molecular formula is C13H20N3O15P3. The Hall–Kier alpha value is -1.20. The first-order chi connectivity index (χ1) is 15.4. The van der Waals surface area contributed by atoms with Gasteiger partial charge in [0.1, 0.15) is 17.9 Å². The van der Waals surface area contributed by atoms with Crippen LogP contribution in [0.3, 0.4) is 0 Å². The fraction of sp³-hybridized carbons (Fsp3) is 0.615. The van der Waals surface area contributed by atoms with Crippen molar-refractivity contribution in [2.75, 3.05) is 13.2 Å². The molecule has 1 saturated heterocycles. The molecule has 21 heteroatoms. The molecule has 1 fully saturated rings. The van der Waals surface area contributed by atoms with Crippen LogP contribution in [0.25, 0.3) is 0 Å². The van der Waals surface area contributed by atoms with Crippen molar-refractivity contribution in [2.24, 2.45) is 9.98 Å². The molecule has 18 nitrogen and oxygen atoms in total. The zero-order chi connectivity index (χ0) is 25.7. The maximum Gasteiger partial charge on any atom is 0.490 e. The van der Waals surface area contributed by atoms with Crippen molar-refractivity contribution in [3.8, 4) is 0 Å². The van der Waals surface area contributed by atoms with Gasteiger partial charge in [0.05, 0.1) is 19.6 Å². The Morgan fingerprint density at radius 1 is 1.18 bits per heavy atom. The lowest BCUT2D eigenvalue weighted by atomic mass is 10.1. The normalized spacial score (nSPS) is 33.4. The highest BCUT2D eigenvalue weighted by Crippen LogP contribution is 2.66. The molecule has 34 heavy (non-hydrogen) atoms. The standard InChI is InChI=1S/C13H20N3O15P3/c1-6-4-7(17)9-12(15-6)16(3-2-14-9)13(20)11(19)10(18)8(29-13)5-28-33(24,25)31-34(26,27)30-32(21,22)23/h2,8,10-11,18-20H,3-5H2,1H3,(H,24,25)(H,26,27)(H2,21,22,23)/t8-,10-,11-,13-/m1/s1. The molecule has 0 bridgehead atoms. The highest BCUT2D eigenvalue weighted by Gasteiger charge is 2.59. The second-order valence-corrected chi connectivity index (χ2v) is 11.6. The van der Waals surface area contributed by atoms with Gasteiger partial charge in [-0.15, -0.1) is 0 Å². The molecule has 192 valence electrons. The average molecular weight is 551 g/mol. The molecule has 3 aliphatic rings. The summed E-state index contributed by atoms with van der Waals surface area (Å²) in [5.74, 6) is -3.30. The highest BCUT2D eigenvalue weighted by atomic mass is 31.3. The fourth-order valence-electron chi connectivity index (χ4n) is 3.23. The van der Waals surface area contributed by atoms with Crippen LogP contribution in [0.1, 0.15) is 13.3 Å². The molecule has 7 N–H and O–H groups in total. The number of ether oxygens (including phenoxy) is 1. The second-order valence-electron chi connectivity index (χ2n) is 7.18.